The molecule has 0 amide bonds. The molecule has 1 rings (SSSR count). The SMILES string of the molecule is CN=C(NCCOC)NCC(C)c1ccccc1.I. The molecule has 0 aliphatic rings. The normalized spacial score (nSPS) is 12.5. The average Bonchev–Trinajstić information content (AvgIpc) is 2.43. The molecule has 1 unspecified atom stereocenters. The quantitative estimate of drug-likeness (QED) is 0.346. The highest BCUT2D eigenvalue weighted by atomic mass is 127. The second kappa shape index (κ2) is 11.0. The molecule has 0 bridgehead atoms. The van der Waals surface area contributed by atoms with Crippen molar-refractivity contribution in [3.05, 3.63) is 35.9 Å². The molecule has 1 aromatic carbocycles. The van der Waals surface area contributed by atoms with Gasteiger partial charge in [-0.2, -0.15) is 0 Å². The molecule has 0 heterocycles. The van der Waals surface area contributed by atoms with Gasteiger partial charge in [0.05, 0.1) is 6.61 Å². The fourth-order valence-electron chi connectivity index (χ4n) is 1.64. The Morgan fingerprint density at radius 2 is 1.95 bits per heavy atom. The predicted molar refractivity (Wildman–Crippen MR) is 91.5 cm³/mol. The summed E-state index contributed by atoms with van der Waals surface area (Å²) in [5.74, 6) is 1.27. The number of aliphatic imine (C=N–C) groups is 1. The van der Waals surface area contributed by atoms with Gasteiger partial charge in [-0.05, 0) is 11.5 Å². The molecule has 0 aliphatic carbocycles. The van der Waals surface area contributed by atoms with Crippen LogP contribution >= 0.6 is 24.0 Å². The van der Waals surface area contributed by atoms with Gasteiger partial charge < -0.3 is 15.4 Å². The Bertz CT molecular complexity index is 357. The van der Waals surface area contributed by atoms with Crippen LogP contribution in [0.2, 0.25) is 0 Å². The first kappa shape index (κ1) is 18.2. The number of guanidine groups is 1. The van der Waals surface area contributed by atoms with Gasteiger partial charge in [0, 0.05) is 27.2 Å². The summed E-state index contributed by atoms with van der Waals surface area (Å²) in [7, 11) is 3.46. The van der Waals surface area contributed by atoms with Gasteiger partial charge in [-0.1, -0.05) is 37.3 Å². The van der Waals surface area contributed by atoms with Crippen LogP contribution in [0.25, 0.3) is 0 Å². The van der Waals surface area contributed by atoms with E-state index in [0.29, 0.717) is 12.5 Å². The van der Waals surface area contributed by atoms with E-state index in [9.17, 15) is 0 Å². The third-order valence-electron chi connectivity index (χ3n) is 2.77. The van der Waals surface area contributed by atoms with Crippen molar-refractivity contribution < 1.29 is 4.74 Å². The Kier molecular flexibility index (Phi) is 10.6. The van der Waals surface area contributed by atoms with Gasteiger partial charge in [-0.15, -0.1) is 24.0 Å². The molecule has 0 spiro atoms. The van der Waals surface area contributed by atoms with Gasteiger partial charge in [0.2, 0.25) is 0 Å². The number of nitrogens with zero attached hydrogens (tertiary/aromatic N) is 1. The number of benzene rings is 1. The first-order valence-electron chi connectivity index (χ1n) is 6.26. The highest BCUT2D eigenvalue weighted by Gasteiger charge is 2.05. The molecule has 0 fully saturated rings. The smallest absolute Gasteiger partial charge is 0.191 e. The van der Waals surface area contributed by atoms with Crippen molar-refractivity contribution in [1.29, 1.82) is 0 Å². The third kappa shape index (κ3) is 7.37. The van der Waals surface area contributed by atoms with Crippen LogP contribution in [0.15, 0.2) is 35.3 Å². The van der Waals surface area contributed by atoms with Crippen molar-refractivity contribution in [2.75, 3.05) is 33.9 Å². The molecular weight excluding hydrogens is 353 g/mol. The van der Waals surface area contributed by atoms with Crippen LogP contribution in [0.4, 0.5) is 0 Å². The topological polar surface area (TPSA) is 45.7 Å². The Labute approximate surface area is 133 Å². The molecule has 19 heavy (non-hydrogen) atoms. The molecule has 0 aromatic heterocycles. The van der Waals surface area contributed by atoms with Crippen molar-refractivity contribution >= 4 is 29.9 Å². The zero-order valence-corrected chi connectivity index (χ0v) is 14.2. The van der Waals surface area contributed by atoms with E-state index < -0.39 is 0 Å². The summed E-state index contributed by atoms with van der Waals surface area (Å²) >= 11 is 0. The summed E-state index contributed by atoms with van der Waals surface area (Å²) in [6.45, 7) is 4.49. The van der Waals surface area contributed by atoms with E-state index in [0.717, 1.165) is 19.0 Å². The fraction of sp³-hybridized carbons (Fsp3) is 0.500. The van der Waals surface area contributed by atoms with Crippen LogP contribution < -0.4 is 10.6 Å². The van der Waals surface area contributed by atoms with Crippen LogP contribution in [-0.2, 0) is 4.74 Å². The largest absolute Gasteiger partial charge is 0.383 e. The Balaban J connectivity index is 0.00000324. The van der Waals surface area contributed by atoms with E-state index in [1.165, 1.54) is 5.56 Å². The van der Waals surface area contributed by atoms with Crippen molar-refractivity contribution in [3.8, 4) is 0 Å². The van der Waals surface area contributed by atoms with E-state index in [2.05, 4.69) is 46.8 Å². The van der Waals surface area contributed by atoms with Gasteiger partial charge in [0.15, 0.2) is 5.96 Å². The van der Waals surface area contributed by atoms with E-state index in [1.807, 2.05) is 6.07 Å². The van der Waals surface area contributed by atoms with Crippen LogP contribution in [0.5, 0.6) is 0 Å². The van der Waals surface area contributed by atoms with Crippen LogP contribution in [0, 0.1) is 0 Å². The molecule has 108 valence electrons. The molecular formula is C14H24IN3O. The Hall–Kier alpha value is -0.820. The minimum absolute atomic E-state index is 0. The lowest BCUT2D eigenvalue weighted by Gasteiger charge is -2.16. The predicted octanol–water partition coefficient (Wildman–Crippen LogP) is 2.22. The summed E-state index contributed by atoms with van der Waals surface area (Å²) < 4.78 is 4.99. The maximum absolute atomic E-state index is 4.99. The van der Waals surface area contributed by atoms with Gasteiger partial charge >= 0.3 is 0 Å². The van der Waals surface area contributed by atoms with E-state index >= 15 is 0 Å². The number of rotatable bonds is 6. The molecule has 0 saturated carbocycles. The molecule has 0 saturated heterocycles. The number of nitrogens with one attached hydrogen (secondary N) is 2. The Morgan fingerprint density at radius 1 is 1.26 bits per heavy atom. The zero-order chi connectivity index (χ0) is 13.2. The summed E-state index contributed by atoms with van der Waals surface area (Å²) in [6.07, 6.45) is 0. The second-order valence-electron chi connectivity index (χ2n) is 4.18. The summed E-state index contributed by atoms with van der Waals surface area (Å²) in [5, 5.41) is 6.50. The maximum atomic E-state index is 4.99. The average molecular weight is 377 g/mol. The van der Waals surface area contributed by atoms with Crippen molar-refractivity contribution in [3.63, 3.8) is 0 Å². The molecule has 2 N–H and O–H groups in total. The molecule has 5 heteroatoms. The minimum Gasteiger partial charge on any atom is -0.383 e. The first-order valence-corrected chi connectivity index (χ1v) is 6.26. The molecule has 1 aromatic rings. The Morgan fingerprint density at radius 3 is 2.53 bits per heavy atom. The highest BCUT2D eigenvalue weighted by molar-refractivity contribution is 14.0. The van der Waals surface area contributed by atoms with Crippen LogP contribution in [0.3, 0.4) is 0 Å². The summed E-state index contributed by atoms with van der Waals surface area (Å²) in [5.41, 5.74) is 1.33. The lowest BCUT2D eigenvalue weighted by atomic mass is 10.0. The van der Waals surface area contributed by atoms with Gasteiger partial charge in [-0.25, -0.2) is 0 Å². The monoisotopic (exact) mass is 377 g/mol. The van der Waals surface area contributed by atoms with E-state index in [-0.39, 0.29) is 24.0 Å². The van der Waals surface area contributed by atoms with Gasteiger partial charge in [-0.3, -0.25) is 4.99 Å². The first-order chi connectivity index (χ1) is 8.77. The van der Waals surface area contributed by atoms with Crippen molar-refractivity contribution in [2.24, 2.45) is 4.99 Å². The number of halogens is 1. The fourth-order valence-corrected chi connectivity index (χ4v) is 1.64. The van der Waals surface area contributed by atoms with Gasteiger partial charge in [0.1, 0.15) is 0 Å². The molecule has 0 aliphatic heterocycles. The van der Waals surface area contributed by atoms with E-state index in [1.54, 1.807) is 14.2 Å². The van der Waals surface area contributed by atoms with E-state index in [4.69, 9.17) is 4.74 Å². The van der Waals surface area contributed by atoms with Crippen LogP contribution in [-0.4, -0.2) is 39.8 Å². The van der Waals surface area contributed by atoms with Crippen molar-refractivity contribution in [1.82, 2.24) is 10.6 Å². The summed E-state index contributed by atoms with van der Waals surface area (Å²) in [6, 6.07) is 10.5. The lowest BCUT2D eigenvalue weighted by molar-refractivity contribution is 0.203. The molecule has 4 nitrogen and oxygen atoms in total. The lowest BCUT2D eigenvalue weighted by Crippen LogP contribution is -2.40. The zero-order valence-electron chi connectivity index (χ0n) is 11.8. The maximum Gasteiger partial charge on any atom is 0.191 e. The number of methoxy groups -OCH3 is 1. The second-order valence-corrected chi connectivity index (χ2v) is 4.18. The highest BCUT2D eigenvalue weighted by Crippen LogP contribution is 2.12. The number of hydrogen-bond donors (Lipinski definition) is 2. The molecule has 0 radical (unpaired) electrons. The van der Waals surface area contributed by atoms with Crippen molar-refractivity contribution in [2.45, 2.75) is 12.8 Å². The minimum atomic E-state index is 0. The molecule has 1 atom stereocenters. The number of ether oxygens (including phenoxy) is 1. The van der Waals surface area contributed by atoms with Crippen LogP contribution in [0.1, 0.15) is 18.4 Å². The standard InChI is InChI=1S/C14H23N3O.HI/c1-12(13-7-5-4-6-8-13)11-17-14(15-2)16-9-10-18-3;/h4-8,12H,9-11H2,1-3H3,(H2,15,16,17);1H. The number of hydrogen-bond acceptors (Lipinski definition) is 2. The summed E-state index contributed by atoms with van der Waals surface area (Å²) in [4.78, 5) is 4.16. The van der Waals surface area contributed by atoms with Gasteiger partial charge in [0.25, 0.3) is 0 Å². The third-order valence-corrected chi connectivity index (χ3v) is 2.77.